The Hall–Kier alpha value is -1.46. The van der Waals surface area contributed by atoms with E-state index in [0.717, 1.165) is 39.1 Å². The average Bonchev–Trinajstić information content (AvgIpc) is 2.54. The topological polar surface area (TPSA) is 48.5 Å². The Bertz CT molecular complexity index is 429. The maximum atomic E-state index is 12.1. The standard InChI is InChI=1S/C16H26N4O/c1-3-14(2)18-12-16(21)20-10-8-19(9-11-20)13-15-4-6-17-7-5-15/h4-7,14,18H,3,8-13H2,1-2H3. The second kappa shape index (κ2) is 8.10. The molecular weight excluding hydrogens is 264 g/mol. The van der Waals surface area contributed by atoms with E-state index < -0.39 is 0 Å². The van der Waals surface area contributed by atoms with Gasteiger partial charge in [-0.05, 0) is 31.0 Å². The summed E-state index contributed by atoms with van der Waals surface area (Å²) >= 11 is 0. The normalized spacial score (nSPS) is 17.7. The number of piperazine rings is 1. The minimum absolute atomic E-state index is 0.221. The van der Waals surface area contributed by atoms with Crippen LogP contribution in [0.5, 0.6) is 0 Å². The second-order valence-corrected chi connectivity index (χ2v) is 5.70. The molecular formula is C16H26N4O. The van der Waals surface area contributed by atoms with Crippen molar-refractivity contribution in [2.75, 3.05) is 32.7 Å². The zero-order valence-electron chi connectivity index (χ0n) is 13.1. The number of pyridine rings is 1. The Morgan fingerprint density at radius 3 is 2.57 bits per heavy atom. The van der Waals surface area contributed by atoms with Gasteiger partial charge in [0.05, 0.1) is 6.54 Å². The molecule has 21 heavy (non-hydrogen) atoms. The van der Waals surface area contributed by atoms with E-state index in [4.69, 9.17) is 0 Å². The Labute approximate surface area is 127 Å². The van der Waals surface area contributed by atoms with Gasteiger partial charge in [0.1, 0.15) is 0 Å². The van der Waals surface area contributed by atoms with Gasteiger partial charge < -0.3 is 10.2 Å². The maximum Gasteiger partial charge on any atom is 0.236 e. The highest BCUT2D eigenvalue weighted by Gasteiger charge is 2.20. The average molecular weight is 290 g/mol. The van der Waals surface area contributed by atoms with Gasteiger partial charge in [-0.3, -0.25) is 14.7 Å². The molecule has 1 saturated heterocycles. The molecule has 1 N–H and O–H groups in total. The van der Waals surface area contributed by atoms with Crippen LogP contribution in [0.3, 0.4) is 0 Å². The zero-order valence-corrected chi connectivity index (χ0v) is 13.1. The summed E-state index contributed by atoms with van der Waals surface area (Å²) in [5.74, 6) is 0.221. The summed E-state index contributed by atoms with van der Waals surface area (Å²) < 4.78 is 0. The molecule has 1 amide bonds. The molecule has 0 bridgehead atoms. The number of hydrogen-bond acceptors (Lipinski definition) is 4. The predicted molar refractivity (Wildman–Crippen MR) is 83.8 cm³/mol. The van der Waals surface area contributed by atoms with Gasteiger partial charge in [-0.1, -0.05) is 6.92 Å². The Morgan fingerprint density at radius 2 is 1.95 bits per heavy atom. The summed E-state index contributed by atoms with van der Waals surface area (Å²) in [7, 11) is 0. The van der Waals surface area contributed by atoms with Crippen molar-refractivity contribution in [1.82, 2.24) is 20.1 Å². The molecule has 5 nitrogen and oxygen atoms in total. The fourth-order valence-electron chi connectivity index (χ4n) is 2.42. The van der Waals surface area contributed by atoms with Crippen molar-refractivity contribution in [2.24, 2.45) is 0 Å². The fourth-order valence-corrected chi connectivity index (χ4v) is 2.42. The molecule has 0 spiro atoms. The van der Waals surface area contributed by atoms with E-state index in [1.54, 1.807) is 0 Å². The van der Waals surface area contributed by atoms with E-state index in [1.807, 2.05) is 29.4 Å². The zero-order chi connectivity index (χ0) is 15.1. The highest BCUT2D eigenvalue weighted by molar-refractivity contribution is 5.78. The largest absolute Gasteiger partial charge is 0.339 e. The molecule has 1 aliphatic rings. The van der Waals surface area contributed by atoms with Crippen LogP contribution in [0.25, 0.3) is 0 Å². The van der Waals surface area contributed by atoms with Gasteiger partial charge >= 0.3 is 0 Å². The van der Waals surface area contributed by atoms with Crippen molar-refractivity contribution in [1.29, 1.82) is 0 Å². The van der Waals surface area contributed by atoms with E-state index >= 15 is 0 Å². The molecule has 1 aromatic heterocycles. The van der Waals surface area contributed by atoms with Gasteiger partial charge in [-0.2, -0.15) is 0 Å². The van der Waals surface area contributed by atoms with E-state index in [1.165, 1.54) is 5.56 Å². The van der Waals surface area contributed by atoms with E-state index in [2.05, 4.69) is 29.0 Å². The van der Waals surface area contributed by atoms with Crippen LogP contribution in [0, 0.1) is 0 Å². The van der Waals surface area contributed by atoms with Gasteiger partial charge in [0.2, 0.25) is 5.91 Å². The number of nitrogens with one attached hydrogen (secondary N) is 1. The molecule has 2 heterocycles. The van der Waals surface area contributed by atoms with Crippen LogP contribution in [0.15, 0.2) is 24.5 Å². The number of aromatic nitrogens is 1. The number of nitrogens with zero attached hydrogens (tertiary/aromatic N) is 3. The Kier molecular flexibility index (Phi) is 6.14. The third-order valence-corrected chi connectivity index (χ3v) is 4.09. The molecule has 0 saturated carbocycles. The summed E-state index contributed by atoms with van der Waals surface area (Å²) in [6, 6.07) is 4.50. The summed E-state index contributed by atoms with van der Waals surface area (Å²) in [4.78, 5) is 20.5. The van der Waals surface area contributed by atoms with Crippen molar-refractivity contribution < 1.29 is 4.79 Å². The smallest absolute Gasteiger partial charge is 0.236 e. The maximum absolute atomic E-state index is 12.1. The lowest BCUT2D eigenvalue weighted by molar-refractivity contribution is -0.132. The number of amides is 1. The monoisotopic (exact) mass is 290 g/mol. The van der Waals surface area contributed by atoms with Crippen molar-refractivity contribution in [3.8, 4) is 0 Å². The summed E-state index contributed by atoms with van der Waals surface area (Å²) in [6.45, 7) is 9.17. The lowest BCUT2D eigenvalue weighted by atomic mass is 10.2. The quantitative estimate of drug-likeness (QED) is 0.853. The van der Waals surface area contributed by atoms with Gasteiger partial charge in [-0.25, -0.2) is 0 Å². The molecule has 0 aromatic carbocycles. The van der Waals surface area contributed by atoms with Crippen molar-refractivity contribution >= 4 is 5.91 Å². The predicted octanol–water partition coefficient (Wildman–Crippen LogP) is 1.11. The van der Waals surface area contributed by atoms with Crippen LogP contribution >= 0.6 is 0 Å². The van der Waals surface area contributed by atoms with Crippen molar-refractivity contribution in [3.05, 3.63) is 30.1 Å². The molecule has 5 heteroatoms. The molecule has 0 aliphatic carbocycles. The van der Waals surface area contributed by atoms with Crippen molar-refractivity contribution in [3.63, 3.8) is 0 Å². The Morgan fingerprint density at radius 1 is 1.29 bits per heavy atom. The minimum atomic E-state index is 0.221. The third kappa shape index (κ3) is 5.10. The van der Waals surface area contributed by atoms with Crippen LogP contribution in [0.4, 0.5) is 0 Å². The van der Waals surface area contributed by atoms with Crippen LogP contribution in [-0.2, 0) is 11.3 Å². The summed E-state index contributed by atoms with van der Waals surface area (Å²) in [5.41, 5.74) is 1.28. The first-order valence-corrected chi connectivity index (χ1v) is 7.81. The summed E-state index contributed by atoms with van der Waals surface area (Å²) in [6.07, 6.45) is 4.71. The SMILES string of the molecule is CCC(C)NCC(=O)N1CCN(Cc2ccncc2)CC1. The first-order valence-electron chi connectivity index (χ1n) is 7.81. The van der Waals surface area contributed by atoms with Crippen LogP contribution < -0.4 is 5.32 Å². The second-order valence-electron chi connectivity index (χ2n) is 5.70. The number of hydrogen-bond donors (Lipinski definition) is 1. The molecule has 116 valence electrons. The van der Waals surface area contributed by atoms with Crippen molar-refractivity contribution in [2.45, 2.75) is 32.9 Å². The molecule has 1 aromatic rings. The number of rotatable bonds is 6. The van der Waals surface area contributed by atoms with Gasteiger partial charge in [0, 0.05) is 51.2 Å². The van der Waals surface area contributed by atoms with Gasteiger partial charge in [0.15, 0.2) is 0 Å². The number of carbonyl (C=O) groups is 1. The van der Waals surface area contributed by atoms with Crippen LogP contribution in [0.1, 0.15) is 25.8 Å². The van der Waals surface area contributed by atoms with Gasteiger partial charge in [0.25, 0.3) is 0 Å². The van der Waals surface area contributed by atoms with Gasteiger partial charge in [-0.15, -0.1) is 0 Å². The first-order chi connectivity index (χ1) is 10.2. The molecule has 2 rings (SSSR count). The molecule has 1 fully saturated rings. The highest BCUT2D eigenvalue weighted by atomic mass is 16.2. The number of carbonyl (C=O) groups excluding carboxylic acids is 1. The molecule has 0 radical (unpaired) electrons. The molecule has 1 aliphatic heterocycles. The lowest BCUT2D eigenvalue weighted by Crippen LogP contribution is -2.51. The van der Waals surface area contributed by atoms with E-state index in [9.17, 15) is 4.79 Å². The highest BCUT2D eigenvalue weighted by Crippen LogP contribution is 2.07. The van der Waals surface area contributed by atoms with E-state index in [0.29, 0.717) is 12.6 Å². The minimum Gasteiger partial charge on any atom is -0.339 e. The van der Waals surface area contributed by atoms with E-state index in [-0.39, 0.29) is 5.91 Å². The molecule has 1 atom stereocenters. The third-order valence-electron chi connectivity index (χ3n) is 4.09. The molecule has 1 unspecified atom stereocenters. The summed E-state index contributed by atoms with van der Waals surface area (Å²) in [5, 5.41) is 3.27. The van der Waals surface area contributed by atoms with Crippen LogP contribution in [-0.4, -0.2) is 59.5 Å². The lowest BCUT2D eigenvalue weighted by Gasteiger charge is -2.35. The Balaban J connectivity index is 1.71. The fraction of sp³-hybridized carbons (Fsp3) is 0.625. The van der Waals surface area contributed by atoms with Crippen LogP contribution in [0.2, 0.25) is 0 Å². The first kappa shape index (κ1) is 15.9.